The first-order chi connectivity index (χ1) is 10.2. The number of aryl methyl sites for hydroxylation is 1. The molecule has 1 aromatic heterocycles. The van der Waals surface area contributed by atoms with Crippen LogP contribution in [0.15, 0.2) is 24.4 Å². The second-order valence-corrected chi connectivity index (χ2v) is 6.28. The third kappa shape index (κ3) is 2.03. The number of ketones is 1. The van der Waals surface area contributed by atoms with Gasteiger partial charge in [0.25, 0.3) is 0 Å². The largest absolute Gasteiger partial charge is 0.368 e. The average molecular weight is 280 g/mol. The van der Waals surface area contributed by atoms with Crippen LogP contribution < -0.4 is 4.90 Å². The van der Waals surface area contributed by atoms with Gasteiger partial charge in [0.1, 0.15) is 5.78 Å². The normalized spacial score (nSPS) is 19.3. The van der Waals surface area contributed by atoms with Crippen molar-refractivity contribution in [3.63, 3.8) is 0 Å². The van der Waals surface area contributed by atoms with Crippen molar-refractivity contribution in [3.05, 3.63) is 35.7 Å². The fourth-order valence-corrected chi connectivity index (χ4v) is 3.89. The van der Waals surface area contributed by atoms with Gasteiger partial charge in [-0.3, -0.25) is 9.78 Å². The van der Waals surface area contributed by atoms with Crippen LogP contribution >= 0.6 is 0 Å². The van der Waals surface area contributed by atoms with Crippen LogP contribution in [-0.2, 0) is 11.2 Å². The number of aromatic nitrogens is 1. The highest BCUT2D eigenvalue weighted by atomic mass is 16.1. The van der Waals surface area contributed by atoms with E-state index < -0.39 is 0 Å². The summed E-state index contributed by atoms with van der Waals surface area (Å²) < 4.78 is 0. The summed E-state index contributed by atoms with van der Waals surface area (Å²) in [4.78, 5) is 18.6. The predicted molar refractivity (Wildman–Crippen MR) is 84.8 cm³/mol. The fraction of sp³-hybridized carbons (Fsp3) is 0.444. The standard InChI is InChI=1S/C18H20N2O/c1-12-16-3-2-4-17-18(16)13(11-19-12)9-10-20(17)14-5-7-15(21)8-6-14/h2-4,11,14H,5-10H2,1H3. The number of Topliss-reactive ketones (excluding diaryl/α,β-unsaturated/α-hetero) is 1. The Balaban J connectivity index is 1.80. The summed E-state index contributed by atoms with van der Waals surface area (Å²) >= 11 is 0. The van der Waals surface area contributed by atoms with E-state index in [1.54, 1.807) is 0 Å². The Bertz CT molecular complexity index is 712. The molecule has 1 aliphatic heterocycles. The summed E-state index contributed by atoms with van der Waals surface area (Å²) in [5.41, 5.74) is 3.82. The Morgan fingerprint density at radius 2 is 2.00 bits per heavy atom. The van der Waals surface area contributed by atoms with Gasteiger partial charge in [0.05, 0.1) is 0 Å². The monoisotopic (exact) mass is 280 g/mol. The van der Waals surface area contributed by atoms with Crippen LogP contribution in [0.25, 0.3) is 10.8 Å². The first kappa shape index (κ1) is 12.8. The molecular weight excluding hydrogens is 260 g/mol. The highest BCUT2D eigenvalue weighted by Crippen LogP contribution is 2.37. The molecule has 4 rings (SSSR count). The number of anilines is 1. The summed E-state index contributed by atoms with van der Waals surface area (Å²) in [7, 11) is 0. The van der Waals surface area contributed by atoms with E-state index in [0.29, 0.717) is 11.8 Å². The van der Waals surface area contributed by atoms with Gasteiger partial charge in [-0.05, 0) is 37.8 Å². The van der Waals surface area contributed by atoms with E-state index in [4.69, 9.17) is 0 Å². The molecule has 3 heteroatoms. The maximum atomic E-state index is 11.5. The highest BCUT2D eigenvalue weighted by Gasteiger charge is 2.28. The van der Waals surface area contributed by atoms with E-state index in [1.165, 1.54) is 22.0 Å². The van der Waals surface area contributed by atoms with E-state index in [0.717, 1.165) is 44.3 Å². The highest BCUT2D eigenvalue weighted by molar-refractivity contribution is 5.99. The van der Waals surface area contributed by atoms with Crippen molar-refractivity contribution < 1.29 is 4.79 Å². The molecule has 1 saturated carbocycles. The molecule has 2 aliphatic rings. The van der Waals surface area contributed by atoms with E-state index in [1.807, 2.05) is 6.20 Å². The lowest BCUT2D eigenvalue weighted by molar-refractivity contribution is -0.120. The number of rotatable bonds is 1. The predicted octanol–water partition coefficient (Wildman–Crippen LogP) is 3.42. The number of hydrogen-bond donors (Lipinski definition) is 0. The number of carbonyl (C=O) groups is 1. The lowest BCUT2D eigenvalue weighted by Crippen LogP contribution is -2.41. The fourth-order valence-electron chi connectivity index (χ4n) is 3.89. The van der Waals surface area contributed by atoms with Crippen LogP contribution in [-0.4, -0.2) is 23.4 Å². The maximum absolute atomic E-state index is 11.5. The van der Waals surface area contributed by atoms with E-state index in [-0.39, 0.29) is 0 Å². The van der Waals surface area contributed by atoms with Crippen LogP contribution in [0, 0.1) is 6.92 Å². The quantitative estimate of drug-likeness (QED) is 0.802. The van der Waals surface area contributed by atoms with Gasteiger partial charge in [-0.15, -0.1) is 0 Å². The molecule has 0 N–H and O–H groups in total. The van der Waals surface area contributed by atoms with Gasteiger partial charge in [0.2, 0.25) is 0 Å². The Hall–Kier alpha value is -1.90. The number of hydrogen-bond acceptors (Lipinski definition) is 3. The maximum Gasteiger partial charge on any atom is 0.133 e. The summed E-state index contributed by atoms with van der Waals surface area (Å²) in [6.07, 6.45) is 6.62. The zero-order valence-corrected chi connectivity index (χ0v) is 12.4. The first-order valence-electron chi connectivity index (χ1n) is 7.89. The molecule has 1 fully saturated rings. The average Bonchev–Trinajstić information content (AvgIpc) is 2.52. The molecular formula is C18H20N2O. The summed E-state index contributed by atoms with van der Waals surface area (Å²) in [6, 6.07) is 7.08. The van der Waals surface area contributed by atoms with Gasteiger partial charge in [-0.25, -0.2) is 0 Å². The van der Waals surface area contributed by atoms with Crippen LogP contribution in [0.5, 0.6) is 0 Å². The second kappa shape index (κ2) is 4.83. The van der Waals surface area contributed by atoms with E-state index in [9.17, 15) is 4.79 Å². The van der Waals surface area contributed by atoms with E-state index >= 15 is 0 Å². The Morgan fingerprint density at radius 3 is 2.81 bits per heavy atom. The zero-order valence-electron chi connectivity index (χ0n) is 12.4. The van der Waals surface area contributed by atoms with Crippen molar-refractivity contribution in [3.8, 4) is 0 Å². The summed E-state index contributed by atoms with van der Waals surface area (Å²) in [5, 5.41) is 2.66. The minimum absolute atomic E-state index is 0.432. The summed E-state index contributed by atoms with van der Waals surface area (Å²) in [6.45, 7) is 3.14. The van der Waals surface area contributed by atoms with Crippen molar-refractivity contribution in [2.45, 2.75) is 45.1 Å². The number of benzene rings is 1. The van der Waals surface area contributed by atoms with Crippen LogP contribution in [0.4, 0.5) is 5.69 Å². The van der Waals surface area contributed by atoms with Gasteiger partial charge in [0, 0.05) is 53.8 Å². The minimum Gasteiger partial charge on any atom is -0.368 e. The lowest BCUT2D eigenvalue weighted by Gasteiger charge is -2.39. The Labute approximate surface area is 125 Å². The molecule has 3 nitrogen and oxygen atoms in total. The molecule has 0 unspecified atom stereocenters. The number of carbonyl (C=O) groups excluding carboxylic acids is 1. The van der Waals surface area contributed by atoms with Crippen molar-refractivity contribution in [2.75, 3.05) is 11.4 Å². The topological polar surface area (TPSA) is 33.2 Å². The van der Waals surface area contributed by atoms with Crippen LogP contribution in [0.3, 0.4) is 0 Å². The first-order valence-corrected chi connectivity index (χ1v) is 7.89. The van der Waals surface area contributed by atoms with Gasteiger partial charge in [-0.2, -0.15) is 0 Å². The molecule has 108 valence electrons. The smallest absolute Gasteiger partial charge is 0.133 e. The van der Waals surface area contributed by atoms with Crippen LogP contribution in [0.1, 0.15) is 36.9 Å². The number of pyridine rings is 1. The molecule has 1 aliphatic carbocycles. The van der Waals surface area contributed by atoms with Gasteiger partial charge in [0.15, 0.2) is 0 Å². The molecule has 2 aromatic rings. The van der Waals surface area contributed by atoms with Gasteiger partial charge < -0.3 is 4.90 Å². The molecule has 0 atom stereocenters. The molecule has 0 bridgehead atoms. The minimum atomic E-state index is 0.432. The lowest BCUT2D eigenvalue weighted by atomic mass is 9.89. The van der Waals surface area contributed by atoms with Gasteiger partial charge in [-0.1, -0.05) is 12.1 Å². The zero-order chi connectivity index (χ0) is 14.4. The van der Waals surface area contributed by atoms with Gasteiger partial charge >= 0.3 is 0 Å². The molecule has 0 amide bonds. The molecule has 2 heterocycles. The van der Waals surface area contributed by atoms with Crippen molar-refractivity contribution >= 4 is 22.2 Å². The van der Waals surface area contributed by atoms with Crippen molar-refractivity contribution in [1.82, 2.24) is 4.98 Å². The molecule has 21 heavy (non-hydrogen) atoms. The van der Waals surface area contributed by atoms with Crippen molar-refractivity contribution in [2.24, 2.45) is 0 Å². The van der Waals surface area contributed by atoms with Crippen LogP contribution in [0.2, 0.25) is 0 Å². The Kier molecular flexibility index (Phi) is 2.95. The molecule has 0 spiro atoms. The van der Waals surface area contributed by atoms with E-state index in [2.05, 4.69) is 35.0 Å². The number of nitrogens with zero attached hydrogens (tertiary/aromatic N) is 2. The molecule has 0 radical (unpaired) electrons. The molecule has 0 saturated heterocycles. The summed E-state index contributed by atoms with van der Waals surface area (Å²) in [5.74, 6) is 0.432. The Morgan fingerprint density at radius 1 is 1.19 bits per heavy atom. The van der Waals surface area contributed by atoms with Crippen molar-refractivity contribution in [1.29, 1.82) is 0 Å². The third-order valence-corrected chi connectivity index (χ3v) is 5.05. The SMILES string of the molecule is Cc1ncc2c3c(cccc13)N(C1CCC(=O)CC1)CC2. The second-order valence-electron chi connectivity index (χ2n) is 6.28. The third-order valence-electron chi connectivity index (χ3n) is 5.05. The molecule has 1 aromatic carbocycles.